The zero-order chi connectivity index (χ0) is 13.7. The highest BCUT2D eigenvalue weighted by molar-refractivity contribution is 5.53. The molecule has 0 bridgehead atoms. The average molecular weight is 257 g/mol. The van der Waals surface area contributed by atoms with E-state index >= 15 is 0 Å². The third kappa shape index (κ3) is 3.16. The van der Waals surface area contributed by atoms with Gasteiger partial charge in [0, 0.05) is 18.4 Å². The Morgan fingerprint density at radius 3 is 2.89 bits per heavy atom. The molecule has 100 valence electrons. The van der Waals surface area contributed by atoms with Crippen molar-refractivity contribution in [1.29, 1.82) is 0 Å². The summed E-state index contributed by atoms with van der Waals surface area (Å²) in [7, 11) is 0. The Morgan fingerprint density at radius 2 is 2.11 bits per heavy atom. The predicted octanol–water partition coefficient (Wildman–Crippen LogP) is 2.98. The van der Waals surface area contributed by atoms with Gasteiger partial charge in [0.15, 0.2) is 11.6 Å². The third-order valence-electron chi connectivity index (χ3n) is 3.00. The van der Waals surface area contributed by atoms with Crippen LogP contribution in [0.25, 0.3) is 0 Å². The molecule has 0 aliphatic heterocycles. The summed E-state index contributed by atoms with van der Waals surface area (Å²) in [6, 6.07) is 9.70. The molecule has 19 heavy (non-hydrogen) atoms. The first-order valence-electron chi connectivity index (χ1n) is 6.38. The third-order valence-corrected chi connectivity index (χ3v) is 3.00. The lowest BCUT2D eigenvalue weighted by Gasteiger charge is -2.13. The lowest BCUT2D eigenvalue weighted by atomic mass is 10.1. The van der Waals surface area contributed by atoms with Gasteiger partial charge in [-0.15, -0.1) is 0 Å². The number of pyridine rings is 1. The van der Waals surface area contributed by atoms with Gasteiger partial charge in [0.2, 0.25) is 0 Å². The van der Waals surface area contributed by atoms with Crippen LogP contribution in [0.5, 0.6) is 5.75 Å². The first-order valence-corrected chi connectivity index (χ1v) is 6.38. The van der Waals surface area contributed by atoms with E-state index in [0.29, 0.717) is 13.2 Å². The Hall–Kier alpha value is -2.23. The molecule has 2 rings (SSSR count). The van der Waals surface area contributed by atoms with Crippen molar-refractivity contribution in [2.45, 2.75) is 20.4 Å². The van der Waals surface area contributed by atoms with Crippen molar-refractivity contribution < 1.29 is 4.74 Å². The number of ether oxygens (including phenoxy) is 1. The second-order valence-corrected chi connectivity index (χ2v) is 4.27. The van der Waals surface area contributed by atoms with Crippen LogP contribution in [-0.4, -0.2) is 11.6 Å². The maximum absolute atomic E-state index is 5.90. The van der Waals surface area contributed by atoms with Crippen LogP contribution in [0.3, 0.4) is 0 Å². The smallest absolute Gasteiger partial charge is 0.169 e. The Morgan fingerprint density at radius 1 is 1.26 bits per heavy atom. The summed E-state index contributed by atoms with van der Waals surface area (Å²) in [5.74, 6) is 1.53. The summed E-state index contributed by atoms with van der Waals surface area (Å²) in [4.78, 5) is 4.30. The molecule has 1 heterocycles. The molecule has 1 aromatic heterocycles. The van der Waals surface area contributed by atoms with Crippen LogP contribution in [0.15, 0.2) is 36.5 Å². The number of hydrogen-bond acceptors (Lipinski definition) is 4. The molecular weight excluding hydrogens is 238 g/mol. The molecule has 0 amide bonds. The van der Waals surface area contributed by atoms with E-state index in [2.05, 4.69) is 16.4 Å². The molecule has 0 spiro atoms. The minimum Gasteiger partial charge on any atom is -0.490 e. The topological polar surface area (TPSA) is 60.2 Å². The highest BCUT2D eigenvalue weighted by Crippen LogP contribution is 2.22. The highest BCUT2D eigenvalue weighted by Gasteiger charge is 2.05. The van der Waals surface area contributed by atoms with Crippen LogP contribution in [0.1, 0.15) is 18.1 Å². The molecule has 4 heteroatoms. The Balaban J connectivity index is 2.12. The number of nitrogens with two attached hydrogens (primary N) is 1. The molecule has 2 aromatic rings. The number of nitrogens with one attached hydrogen (secondary N) is 1. The lowest BCUT2D eigenvalue weighted by Crippen LogP contribution is -2.06. The number of nitrogen functional groups attached to an aromatic ring is 1. The largest absolute Gasteiger partial charge is 0.490 e. The van der Waals surface area contributed by atoms with Crippen LogP contribution >= 0.6 is 0 Å². The number of nitrogens with zero attached hydrogens (tertiary/aromatic N) is 1. The predicted molar refractivity (Wildman–Crippen MR) is 78.3 cm³/mol. The molecule has 3 N–H and O–H groups in total. The number of rotatable bonds is 5. The van der Waals surface area contributed by atoms with Gasteiger partial charge in [-0.3, -0.25) is 0 Å². The van der Waals surface area contributed by atoms with Crippen molar-refractivity contribution in [3.63, 3.8) is 0 Å². The maximum Gasteiger partial charge on any atom is 0.169 e. The molecule has 0 radical (unpaired) electrons. The zero-order valence-corrected chi connectivity index (χ0v) is 11.3. The quantitative estimate of drug-likeness (QED) is 0.808. The van der Waals surface area contributed by atoms with E-state index < -0.39 is 0 Å². The van der Waals surface area contributed by atoms with Crippen LogP contribution in [-0.2, 0) is 6.54 Å². The van der Waals surface area contributed by atoms with Crippen molar-refractivity contribution in [2.24, 2.45) is 0 Å². The second kappa shape index (κ2) is 6.09. The number of anilines is 2. The van der Waals surface area contributed by atoms with E-state index in [9.17, 15) is 0 Å². The standard InChI is InChI=1S/C15H19N3O/c1-3-19-14-8-5-9-17-15(14)18-10-12-6-4-7-13(16)11(12)2/h4-9H,3,10,16H2,1-2H3,(H,17,18). The van der Waals surface area contributed by atoms with E-state index in [4.69, 9.17) is 10.5 Å². The molecule has 0 fully saturated rings. The summed E-state index contributed by atoms with van der Waals surface area (Å²) >= 11 is 0. The van der Waals surface area contributed by atoms with E-state index in [-0.39, 0.29) is 0 Å². The molecule has 0 saturated heterocycles. The van der Waals surface area contributed by atoms with Gasteiger partial charge >= 0.3 is 0 Å². The summed E-state index contributed by atoms with van der Waals surface area (Å²) < 4.78 is 5.53. The fourth-order valence-electron chi connectivity index (χ4n) is 1.87. The van der Waals surface area contributed by atoms with Crippen LogP contribution in [0.2, 0.25) is 0 Å². The Kier molecular flexibility index (Phi) is 4.23. The molecule has 4 nitrogen and oxygen atoms in total. The molecule has 0 aliphatic rings. The number of benzene rings is 1. The number of hydrogen-bond donors (Lipinski definition) is 2. The molecule has 0 atom stereocenters. The monoisotopic (exact) mass is 257 g/mol. The van der Waals surface area contributed by atoms with Gasteiger partial charge in [-0.1, -0.05) is 12.1 Å². The van der Waals surface area contributed by atoms with Crippen molar-refractivity contribution in [1.82, 2.24) is 4.98 Å². The fourth-order valence-corrected chi connectivity index (χ4v) is 1.87. The van der Waals surface area contributed by atoms with Gasteiger partial charge in [-0.2, -0.15) is 0 Å². The van der Waals surface area contributed by atoms with Crippen LogP contribution < -0.4 is 15.8 Å². The summed E-state index contributed by atoms with van der Waals surface area (Å²) in [6.07, 6.45) is 1.75. The van der Waals surface area contributed by atoms with E-state index in [1.807, 2.05) is 38.1 Å². The summed E-state index contributed by atoms with van der Waals surface area (Å²) in [5, 5.41) is 3.29. The zero-order valence-electron chi connectivity index (χ0n) is 11.3. The second-order valence-electron chi connectivity index (χ2n) is 4.27. The molecule has 1 aromatic carbocycles. The SMILES string of the molecule is CCOc1cccnc1NCc1cccc(N)c1C. The van der Waals surface area contributed by atoms with Crippen molar-refractivity contribution in [2.75, 3.05) is 17.7 Å². The van der Waals surface area contributed by atoms with Gasteiger partial charge in [0.05, 0.1) is 6.61 Å². The minimum atomic E-state index is 0.623. The first-order chi connectivity index (χ1) is 9.22. The maximum atomic E-state index is 5.90. The van der Waals surface area contributed by atoms with Crippen LogP contribution in [0.4, 0.5) is 11.5 Å². The van der Waals surface area contributed by atoms with Crippen molar-refractivity contribution in [3.8, 4) is 5.75 Å². The minimum absolute atomic E-state index is 0.623. The van der Waals surface area contributed by atoms with Crippen molar-refractivity contribution in [3.05, 3.63) is 47.7 Å². The van der Waals surface area contributed by atoms with E-state index in [1.54, 1.807) is 6.20 Å². The molecule has 0 unspecified atom stereocenters. The Labute approximate surface area is 113 Å². The summed E-state index contributed by atoms with van der Waals surface area (Å²) in [5.41, 5.74) is 8.97. The van der Waals surface area contributed by atoms with Gasteiger partial charge in [-0.05, 0) is 43.2 Å². The van der Waals surface area contributed by atoms with E-state index in [1.165, 1.54) is 0 Å². The molecule has 0 saturated carbocycles. The van der Waals surface area contributed by atoms with Gasteiger partial charge in [-0.25, -0.2) is 4.98 Å². The highest BCUT2D eigenvalue weighted by atomic mass is 16.5. The molecular formula is C15H19N3O. The van der Waals surface area contributed by atoms with Crippen LogP contribution in [0, 0.1) is 6.92 Å². The first kappa shape index (κ1) is 13.2. The van der Waals surface area contributed by atoms with E-state index in [0.717, 1.165) is 28.4 Å². The normalized spacial score (nSPS) is 10.2. The summed E-state index contributed by atoms with van der Waals surface area (Å²) in [6.45, 7) is 5.28. The fraction of sp³-hybridized carbons (Fsp3) is 0.267. The van der Waals surface area contributed by atoms with Gasteiger partial charge < -0.3 is 15.8 Å². The number of aromatic nitrogens is 1. The van der Waals surface area contributed by atoms with Crippen molar-refractivity contribution >= 4 is 11.5 Å². The lowest BCUT2D eigenvalue weighted by molar-refractivity contribution is 0.340. The molecule has 0 aliphatic carbocycles. The van der Waals surface area contributed by atoms with Gasteiger partial charge in [0.25, 0.3) is 0 Å². The Bertz CT molecular complexity index is 555. The van der Waals surface area contributed by atoms with Gasteiger partial charge in [0.1, 0.15) is 0 Å². The average Bonchev–Trinajstić information content (AvgIpc) is 2.42.